The van der Waals surface area contributed by atoms with E-state index in [-0.39, 0.29) is 5.75 Å². The molecule has 0 saturated heterocycles. The summed E-state index contributed by atoms with van der Waals surface area (Å²) in [7, 11) is 0. The van der Waals surface area contributed by atoms with E-state index >= 15 is 0 Å². The minimum Gasteiger partial charge on any atom is -0.505 e. The van der Waals surface area contributed by atoms with Crippen LogP contribution in [0.15, 0.2) is 18.2 Å². The Morgan fingerprint density at radius 1 is 1.45 bits per heavy atom. The number of rotatable bonds is 0. The molecule has 0 heterocycles. The van der Waals surface area contributed by atoms with E-state index in [1.54, 1.807) is 25.1 Å². The molecule has 0 radical (unpaired) electrons. The average molecular weight is 147 g/mol. The summed E-state index contributed by atoms with van der Waals surface area (Å²) in [6.07, 6.45) is 0. The van der Waals surface area contributed by atoms with Crippen molar-refractivity contribution < 1.29 is 5.11 Å². The number of phenolic OH excluding ortho intramolecular Hbond substituents is 1. The van der Waals surface area contributed by atoms with E-state index in [0.717, 1.165) is 0 Å². The van der Waals surface area contributed by atoms with Crippen molar-refractivity contribution in [3.05, 3.63) is 23.8 Å². The summed E-state index contributed by atoms with van der Waals surface area (Å²) in [4.78, 5) is 0. The molecule has 0 aliphatic heterocycles. The first kappa shape index (κ1) is 7.49. The van der Waals surface area contributed by atoms with Gasteiger partial charge in [0, 0.05) is 0 Å². The van der Waals surface area contributed by atoms with Crippen molar-refractivity contribution >= 4 is 5.69 Å². The van der Waals surface area contributed by atoms with Crippen molar-refractivity contribution in [1.29, 1.82) is 0 Å². The Bertz CT molecular complexity index is 320. The normalized spacial score (nSPS) is 8.45. The number of nitrogen functional groups attached to an aromatic ring is 1. The van der Waals surface area contributed by atoms with Gasteiger partial charge in [-0.1, -0.05) is 12.0 Å². The predicted octanol–water partition coefficient (Wildman–Crippen LogP) is 1.35. The highest BCUT2D eigenvalue weighted by molar-refractivity contribution is 5.60. The molecule has 0 fully saturated rings. The Morgan fingerprint density at radius 3 is 2.82 bits per heavy atom. The van der Waals surface area contributed by atoms with Crippen molar-refractivity contribution in [1.82, 2.24) is 0 Å². The first-order valence-corrected chi connectivity index (χ1v) is 3.26. The van der Waals surface area contributed by atoms with Crippen LogP contribution in [0.1, 0.15) is 12.5 Å². The van der Waals surface area contributed by atoms with Crippen LogP contribution < -0.4 is 5.73 Å². The largest absolute Gasteiger partial charge is 0.505 e. The summed E-state index contributed by atoms with van der Waals surface area (Å²) in [6, 6.07) is 5.12. The highest BCUT2D eigenvalue weighted by Gasteiger charge is 1.99. The van der Waals surface area contributed by atoms with Crippen LogP contribution >= 0.6 is 0 Å². The molecule has 56 valence electrons. The van der Waals surface area contributed by atoms with E-state index in [0.29, 0.717) is 11.3 Å². The number of anilines is 1. The SMILES string of the molecule is CC#Cc1cccc(N)c1O. The maximum Gasteiger partial charge on any atom is 0.154 e. The molecule has 11 heavy (non-hydrogen) atoms. The second-order valence-electron chi connectivity index (χ2n) is 2.12. The van der Waals surface area contributed by atoms with Crippen LogP contribution in [0.25, 0.3) is 0 Å². The molecule has 0 aliphatic rings. The van der Waals surface area contributed by atoms with Gasteiger partial charge in [-0.15, -0.1) is 5.92 Å². The number of hydrogen-bond donors (Lipinski definition) is 2. The zero-order chi connectivity index (χ0) is 8.27. The lowest BCUT2D eigenvalue weighted by Crippen LogP contribution is -1.86. The summed E-state index contributed by atoms with van der Waals surface area (Å²) in [6.45, 7) is 1.71. The summed E-state index contributed by atoms with van der Waals surface area (Å²) in [5.74, 6) is 5.49. The zero-order valence-corrected chi connectivity index (χ0v) is 6.26. The summed E-state index contributed by atoms with van der Waals surface area (Å²) >= 11 is 0. The topological polar surface area (TPSA) is 46.2 Å². The van der Waals surface area contributed by atoms with Gasteiger partial charge in [-0.3, -0.25) is 0 Å². The van der Waals surface area contributed by atoms with Gasteiger partial charge in [0.1, 0.15) is 0 Å². The maximum atomic E-state index is 9.30. The highest BCUT2D eigenvalue weighted by atomic mass is 16.3. The lowest BCUT2D eigenvalue weighted by Gasteiger charge is -1.98. The van der Waals surface area contributed by atoms with Crippen LogP contribution in [-0.2, 0) is 0 Å². The minimum atomic E-state index is 0.0712. The number of para-hydroxylation sites is 1. The molecule has 0 saturated carbocycles. The van der Waals surface area contributed by atoms with E-state index in [4.69, 9.17) is 5.73 Å². The molecular formula is C9H9NO. The van der Waals surface area contributed by atoms with Gasteiger partial charge in [0.05, 0.1) is 11.3 Å². The number of phenols is 1. The lowest BCUT2D eigenvalue weighted by molar-refractivity contribution is 0.476. The van der Waals surface area contributed by atoms with Gasteiger partial charge >= 0.3 is 0 Å². The molecule has 2 nitrogen and oxygen atoms in total. The minimum absolute atomic E-state index is 0.0712. The second-order valence-corrected chi connectivity index (χ2v) is 2.12. The van der Waals surface area contributed by atoms with Crippen LogP contribution in [0.5, 0.6) is 5.75 Å². The van der Waals surface area contributed by atoms with Crippen LogP contribution in [0.3, 0.4) is 0 Å². The molecule has 0 amide bonds. The molecule has 0 atom stereocenters. The maximum absolute atomic E-state index is 9.30. The third-order valence-electron chi connectivity index (χ3n) is 1.33. The van der Waals surface area contributed by atoms with Crippen molar-refractivity contribution in [3.63, 3.8) is 0 Å². The Morgan fingerprint density at radius 2 is 2.18 bits per heavy atom. The predicted molar refractivity (Wildman–Crippen MR) is 45.1 cm³/mol. The molecule has 2 heteroatoms. The van der Waals surface area contributed by atoms with E-state index in [9.17, 15) is 5.11 Å². The van der Waals surface area contributed by atoms with Gasteiger partial charge in [0.2, 0.25) is 0 Å². The van der Waals surface area contributed by atoms with Gasteiger partial charge in [0.25, 0.3) is 0 Å². The average Bonchev–Trinajstić information content (AvgIpc) is 1.99. The van der Waals surface area contributed by atoms with Gasteiger partial charge in [0.15, 0.2) is 5.75 Å². The first-order valence-electron chi connectivity index (χ1n) is 3.26. The number of aromatic hydroxyl groups is 1. The number of nitrogens with two attached hydrogens (primary N) is 1. The Kier molecular flexibility index (Phi) is 2.03. The molecule has 0 unspecified atom stereocenters. The van der Waals surface area contributed by atoms with Crippen molar-refractivity contribution in [2.75, 3.05) is 5.73 Å². The molecule has 3 N–H and O–H groups in total. The van der Waals surface area contributed by atoms with Crippen LogP contribution in [-0.4, -0.2) is 5.11 Å². The summed E-state index contributed by atoms with van der Waals surface area (Å²) < 4.78 is 0. The monoisotopic (exact) mass is 147 g/mol. The smallest absolute Gasteiger partial charge is 0.154 e. The van der Waals surface area contributed by atoms with Gasteiger partial charge in [-0.2, -0.15) is 0 Å². The van der Waals surface area contributed by atoms with Crippen LogP contribution in [0.4, 0.5) is 5.69 Å². The number of benzene rings is 1. The van der Waals surface area contributed by atoms with Crippen molar-refractivity contribution in [3.8, 4) is 17.6 Å². The van der Waals surface area contributed by atoms with E-state index in [1.807, 2.05) is 0 Å². The third-order valence-corrected chi connectivity index (χ3v) is 1.33. The molecule has 1 rings (SSSR count). The zero-order valence-electron chi connectivity index (χ0n) is 6.26. The van der Waals surface area contributed by atoms with E-state index in [1.165, 1.54) is 0 Å². The fourth-order valence-corrected chi connectivity index (χ4v) is 0.797. The lowest BCUT2D eigenvalue weighted by atomic mass is 10.2. The molecule has 0 spiro atoms. The molecule has 1 aromatic rings. The molecule has 0 aromatic heterocycles. The fourth-order valence-electron chi connectivity index (χ4n) is 0.797. The second kappa shape index (κ2) is 2.98. The Hall–Kier alpha value is -1.62. The van der Waals surface area contributed by atoms with Gasteiger partial charge < -0.3 is 10.8 Å². The number of hydrogen-bond acceptors (Lipinski definition) is 2. The van der Waals surface area contributed by atoms with Gasteiger partial charge in [-0.05, 0) is 19.1 Å². The van der Waals surface area contributed by atoms with E-state index in [2.05, 4.69) is 11.8 Å². The molecule has 0 bridgehead atoms. The van der Waals surface area contributed by atoms with Crippen molar-refractivity contribution in [2.24, 2.45) is 0 Å². The molecule has 0 aliphatic carbocycles. The van der Waals surface area contributed by atoms with E-state index < -0.39 is 0 Å². The molecule has 1 aromatic carbocycles. The van der Waals surface area contributed by atoms with Crippen LogP contribution in [0, 0.1) is 11.8 Å². The third kappa shape index (κ3) is 1.44. The summed E-state index contributed by atoms with van der Waals surface area (Å²) in [5, 5.41) is 9.30. The first-order chi connectivity index (χ1) is 5.25. The highest BCUT2D eigenvalue weighted by Crippen LogP contribution is 2.22. The standard InChI is InChI=1S/C9H9NO/c1-2-4-7-5-3-6-8(10)9(7)11/h3,5-6,11H,10H2,1H3. The van der Waals surface area contributed by atoms with Crippen LogP contribution in [0.2, 0.25) is 0 Å². The summed E-state index contributed by atoms with van der Waals surface area (Å²) in [5.41, 5.74) is 6.38. The Labute approximate surface area is 65.7 Å². The fraction of sp³-hybridized carbons (Fsp3) is 0.111. The quantitative estimate of drug-likeness (QED) is 0.330. The van der Waals surface area contributed by atoms with Gasteiger partial charge in [-0.25, -0.2) is 0 Å². The van der Waals surface area contributed by atoms with Crippen molar-refractivity contribution in [2.45, 2.75) is 6.92 Å². The molecular weight excluding hydrogens is 138 g/mol. The Balaban J connectivity index is 3.23.